The molecule has 0 aromatic heterocycles. The van der Waals surface area contributed by atoms with Crippen LogP contribution in [0.5, 0.6) is 0 Å². The number of rotatable bonds is 3. The predicted molar refractivity (Wildman–Crippen MR) is 48.5 cm³/mol. The van der Waals surface area contributed by atoms with Gasteiger partial charge in [0, 0.05) is 0 Å². The Hall–Kier alpha value is 0. The van der Waals surface area contributed by atoms with E-state index in [9.17, 15) is 0 Å². The molecule has 1 atom stereocenters. The normalized spacial score (nSPS) is 29.2. The summed E-state index contributed by atoms with van der Waals surface area (Å²) in [4.78, 5) is 0. The van der Waals surface area contributed by atoms with Crippen molar-refractivity contribution < 1.29 is 0 Å². The molecule has 0 spiro atoms. The van der Waals surface area contributed by atoms with Crippen molar-refractivity contribution in [2.24, 2.45) is 17.8 Å². The van der Waals surface area contributed by atoms with Crippen molar-refractivity contribution in [3.05, 3.63) is 0 Å². The van der Waals surface area contributed by atoms with E-state index in [-0.39, 0.29) is 0 Å². The summed E-state index contributed by atoms with van der Waals surface area (Å²) < 4.78 is 0. The Morgan fingerprint density at radius 2 is 1.73 bits per heavy atom. The molecule has 0 heteroatoms. The third-order valence-electron chi connectivity index (χ3n) is 3.88. The SMILES string of the molecule is CC(CC1CCC1)C1CCC1. The standard InChI is InChI=1S/C11H20/c1-9(11-6-3-7-11)8-10-4-2-5-10/h9-11H,2-8H2,1H3. The third-order valence-corrected chi connectivity index (χ3v) is 3.88. The van der Waals surface area contributed by atoms with Crippen LogP contribution in [-0.4, -0.2) is 0 Å². The van der Waals surface area contributed by atoms with Crippen LogP contribution in [-0.2, 0) is 0 Å². The van der Waals surface area contributed by atoms with Gasteiger partial charge in [0.05, 0.1) is 0 Å². The van der Waals surface area contributed by atoms with Crippen molar-refractivity contribution >= 4 is 0 Å². The van der Waals surface area contributed by atoms with Gasteiger partial charge >= 0.3 is 0 Å². The van der Waals surface area contributed by atoms with Crippen LogP contribution in [0, 0.1) is 17.8 Å². The Morgan fingerprint density at radius 3 is 2.09 bits per heavy atom. The van der Waals surface area contributed by atoms with E-state index in [4.69, 9.17) is 0 Å². The average Bonchev–Trinajstić information content (AvgIpc) is 1.74. The molecule has 0 aromatic carbocycles. The topological polar surface area (TPSA) is 0 Å². The molecule has 2 rings (SSSR count). The van der Waals surface area contributed by atoms with Crippen LogP contribution in [0.15, 0.2) is 0 Å². The second kappa shape index (κ2) is 3.16. The first kappa shape index (κ1) is 7.64. The summed E-state index contributed by atoms with van der Waals surface area (Å²) in [6.45, 7) is 2.47. The van der Waals surface area contributed by atoms with Crippen LogP contribution in [0.4, 0.5) is 0 Å². The summed E-state index contributed by atoms with van der Waals surface area (Å²) in [5.74, 6) is 3.30. The minimum atomic E-state index is 1.05. The van der Waals surface area contributed by atoms with Gasteiger partial charge in [0.2, 0.25) is 0 Å². The van der Waals surface area contributed by atoms with E-state index in [1.54, 1.807) is 6.42 Å². The lowest BCUT2D eigenvalue weighted by Crippen LogP contribution is -2.24. The molecule has 0 nitrogen and oxygen atoms in total. The maximum Gasteiger partial charge on any atom is -0.0388 e. The molecule has 11 heavy (non-hydrogen) atoms. The molecule has 0 amide bonds. The fourth-order valence-corrected chi connectivity index (χ4v) is 2.46. The van der Waals surface area contributed by atoms with Crippen LogP contribution in [0.1, 0.15) is 51.9 Å². The Morgan fingerprint density at radius 1 is 1.09 bits per heavy atom. The van der Waals surface area contributed by atoms with Gasteiger partial charge < -0.3 is 0 Å². The highest BCUT2D eigenvalue weighted by Crippen LogP contribution is 2.40. The Bertz CT molecular complexity index is 120. The van der Waals surface area contributed by atoms with Gasteiger partial charge in [-0.3, -0.25) is 0 Å². The molecule has 2 fully saturated rings. The van der Waals surface area contributed by atoms with E-state index < -0.39 is 0 Å². The van der Waals surface area contributed by atoms with E-state index >= 15 is 0 Å². The first-order chi connectivity index (χ1) is 5.36. The van der Waals surface area contributed by atoms with Gasteiger partial charge in [-0.05, 0) is 24.2 Å². The van der Waals surface area contributed by atoms with Crippen molar-refractivity contribution in [1.82, 2.24) is 0 Å². The van der Waals surface area contributed by atoms with Gasteiger partial charge in [-0.1, -0.05) is 45.4 Å². The van der Waals surface area contributed by atoms with Crippen LogP contribution in [0.25, 0.3) is 0 Å². The summed E-state index contributed by atoms with van der Waals surface area (Å²) >= 11 is 0. The molecule has 0 aliphatic heterocycles. The molecule has 2 aliphatic rings. The molecule has 0 bridgehead atoms. The van der Waals surface area contributed by atoms with Gasteiger partial charge in [0.1, 0.15) is 0 Å². The number of hydrogen-bond donors (Lipinski definition) is 0. The molecule has 2 saturated carbocycles. The molecular weight excluding hydrogens is 132 g/mol. The zero-order valence-electron chi connectivity index (χ0n) is 7.68. The van der Waals surface area contributed by atoms with Crippen LogP contribution >= 0.6 is 0 Å². The highest BCUT2D eigenvalue weighted by Gasteiger charge is 2.27. The summed E-state index contributed by atoms with van der Waals surface area (Å²) in [7, 11) is 0. The molecule has 64 valence electrons. The minimum absolute atomic E-state index is 1.05. The average molecular weight is 152 g/mol. The highest BCUT2D eigenvalue weighted by atomic mass is 14.3. The maximum absolute atomic E-state index is 2.47. The summed E-state index contributed by atoms with van der Waals surface area (Å²) in [6, 6.07) is 0. The molecule has 0 N–H and O–H groups in total. The predicted octanol–water partition coefficient (Wildman–Crippen LogP) is 3.61. The van der Waals surface area contributed by atoms with Crippen molar-refractivity contribution in [2.45, 2.75) is 51.9 Å². The smallest absolute Gasteiger partial charge is 0.0388 e. The van der Waals surface area contributed by atoms with Crippen LogP contribution < -0.4 is 0 Å². The fourth-order valence-electron chi connectivity index (χ4n) is 2.46. The van der Waals surface area contributed by atoms with Gasteiger partial charge in [-0.15, -0.1) is 0 Å². The van der Waals surface area contributed by atoms with Gasteiger partial charge in [0.25, 0.3) is 0 Å². The van der Waals surface area contributed by atoms with Crippen LogP contribution in [0.2, 0.25) is 0 Å². The van der Waals surface area contributed by atoms with E-state index in [0.717, 1.165) is 17.8 Å². The van der Waals surface area contributed by atoms with Crippen molar-refractivity contribution in [1.29, 1.82) is 0 Å². The summed E-state index contributed by atoms with van der Waals surface area (Å²) in [5.41, 5.74) is 0. The quantitative estimate of drug-likeness (QED) is 0.579. The molecule has 1 unspecified atom stereocenters. The summed E-state index contributed by atoms with van der Waals surface area (Å²) in [6.07, 6.45) is 10.7. The molecule has 0 heterocycles. The third kappa shape index (κ3) is 1.60. The van der Waals surface area contributed by atoms with Gasteiger partial charge in [-0.25, -0.2) is 0 Å². The lowest BCUT2D eigenvalue weighted by Gasteiger charge is -2.36. The molecule has 0 saturated heterocycles. The Kier molecular flexibility index (Phi) is 2.20. The highest BCUT2D eigenvalue weighted by molar-refractivity contribution is 4.79. The Balaban J connectivity index is 1.67. The van der Waals surface area contributed by atoms with Gasteiger partial charge in [0.15, 0.2) is 0 Å². The first-order valence-corrected chi connectivity index (χ1v) is 5.36. The largest absolute Gasteiger partial charge is 0.0622 e. The first-order valence-electron chi connectivity index (χ1n) is 5.36. The second-order valence-corrected chi connectivity index (χ2v) is 4.70. The number of hydrogen-bond acceptors (Lipinski definition) is 0. The van der Waals surface area contributed by atoms with Crippen molar-refractivity contribution in [3.63, 3.8) is 0 Å². The molecule has 2 aliphatic carbocycles. The second-order valence-electron chi connectivity index (χ2n) is 4.70. The van der Waals surface area contributed by atoms with Crippen molar-refractivity contribution in [3.8, 4) is 0 Å². The maximum atomic E-state index is 2.47. The van der Waals surface area contributed by atoms with Crippen molar-refractivity contribution in [2.75, 3.05) is 0 Å². The van der Waals surface area contributed by atoms with Crippen LogP contribution in [0.3, 0.4) is 0 Å². The molecule has 0 radical (unpaired) electrons. The zero-order chi connectivity index (χ0) is 7.68. The lowest BCUT2D eigenvalue weighted by atomic mass is 9.70. The Labute approximate surface area is 70.4 Å². The van der Waals surface area contributed by atoms with E-state index in [2.05, 4.69) is 6.92 Å². The van der Waals surface area contributed by atoms with Gasteiger partial charge in [-0.2, -0.15) is 0 Å². The fraction of sp³-hybridized carbons (Fsp3) is 1.00. The van der Waals surface area contributed by atoms with E-state index in [1.165, 1.54) is 38.5 Å². The minimum Gasteiger partial charge on any atom is -0.0622 e. The zero-order valence-corrected chi connectivity index (χ0v) is 7.68. The molecular formula is C11H20. The summed E-state index contributed by atoms with van der Waals surface area (Å²) in [5, 5.41) is 0. The molecule has 0 aromatic rings. The van der Waals surface area contributed by atoms with E-state index in [1.807, 2.05) is 0 Å². The monoisotopic (exact) mass is 152 g/mol. The lowest BCUT2D eigenvalue weighted by molar-refractivity contribution is 0.158. The van der Waals surface area contributed by atoms with E-state index in [0.29, 0.717) is 0 Å².